The fourth-order valence-electron chi connectivity index (χ4n) is 3.70. The third-order valence-electron chi connectivity index (χ3n) is 5.12. The van der Waals surface area contributed by atoms with E-state index in [1.807, 2.05) is 42.5 Å². The van der Waals surface area contributed by atoms with Crippen LogP contribution in [0.2, 0.25) is 0 Å². The lowest BCUT2D eigenvalue weighted by Crippen LogP contribution is -2.43. The quantitative estimate of drug-likeness (QED) is 0.408. The van der Waals surface area contributed by atoms with Crippen LogP contribution in [0.1, 0.15) is 15.9 Å². The van der Waals surface area contributed by atoms with Crippen LogP contribution in [-0.2, 0) is 16.0 Å². The van der Waals surface area contributed by atoms with Crippen molar-refractivity contribution in [1.29, 1.82) is 0 Å². The summed E-state index contributed by atoms with van der Waals surface area (Å²) in [5.41, 5.74) is 1.52. The highest BCUT2D eigenvalue weighted by Gasteiger charge is 2.24. The molecule has 0 heterocycles. The first-order valence-electron chi connectivity index (χ1n) is 9.50. The van der Waals surface area contributed by atoms with Gasteiger partial charge in [-0.2, -0.15) is 0 Å². The second-order valence-corrected chi connectivity index (χ2v) is 6.92. The first-order valence-corrected chi connectivity index (χ1v) is 9.50. The van der Waals surface area contributed by atoms with Crippen molar-refractivity contribution in [1.82, 2.24) is 5.32 Å². The van der Waals surface area contributed by atoms with Crippen LogP contribution in [0.15, 0.2) is 84.9 Å². The SMILES string of the molecule is COC(=O)[C@H](Cc1c2ccccc2cc2ccccc12)NC(=O)c1ccccc1. The maximum atomic E-state index is 12.7. The van der Waals surface area contributed by atoms with Crippen molar-refractivity contribution in [2.24, 2.45) is 0 Å². The van der Waals surface area contributed by atoms with Crippen molar-refractivity contribution >= 4 is 33.4 Å². The fourth-order valence-corrected chi connectivity index (χ4v) is 3.70. The molecule has 4 heteroatoms. The molecule has 4 aromatic carbocycles. The summed E-state index contributed by atoms with van der Waals surface area (Å²) in [4.78, 5) is 25.2. The standard InChI is InChI=1S/C25H21NO3/c1-29-25(28)23(26-24(27)17-9-3-2-4-10-17)16-22-20-13-7-5-11-18(20)15-19-12-6-8-14-21(19)22/h2-15,23H,16H2,1H3,(H,26,27)/t23-/m0/s1. The lowest BCUT2D eigenvalue weighted by Gasteiger charge is -2.19. The minimum absolute atomic E-state index is 0.300. The average molecular weight is 383 g/mol. The third kappa shape index (κ3) is 3.83. The van der Waals surface area contributed by atoms with E-state index < -0.39 is 12.0 Å². The van der Waals surface area contributed by atoms with Gasteiger partial charge in [0.05, 0.1) is 7.11 Å². The first kappa shape index (κ1) is 18.7. The highest BCUT2D eigenvalue weighted by atomic mass is 16.5. The van der Waals surface area contributed by atoms with Crippen LogP contribution in [-0.4, -0.2) is 25.0 Å². The van der Waals surface area contributed by atoms with Crippen molar-refractivity contribution in [3.05, 3.63) is 96.1 Å². The largest absolute Gasteiger partial charge is 0.467 e. The molecule has 4 aromatic rings. The zero-order chi connectivity index (χ0) is 20.2. The summed E-state index contributed by atoms with van der Waals surface area (Å²) in [6, 6.07) is 26.4. The monoisotopic (exact) mass is 383 g/mol. The Morgan fingerprint density at radius 3 is 1.97 bits per heavy atom. The van der Waals surface area contributed by atoms with Crippen LogP contribution >= 0.6 is 0 Å². The Morgan fingerprint density at radius 1 is 0.828 bits per heavy atom. The van der Waals surface area contributed by atoms with E-state index in [0.717, 1.165) is 27.1 Å². The third-order valence-corrected chi connectivity index (χ3v) is 5.12. The molecule has 1 N–H and O–H groups in total. The van der Waals surface area contributed by atoms with Crippen molar-refractivity contribution in [3.63, 3.8) is 0 Å². The van der Waals surface area contributed by atoms with Gasteiger partial charge < -0.3 is 10.1 Å². The molecule has 0 bridgehead atoms. The molecular weight excluding hydrogens is 362 g/mol. The van der Waals surface area contributed by atoms with Gasteiger partial charge in [0.1, 0.15) is 6.04 Å². The molecule has 0 radical (unpaired) electrons. The number of nitrogens with one attached hydrogen (secondary N) is 1. The van der Waals surface area contributed by atoms with Gasteiger partial charge in [0.15, 0.2) is 0 Å². The van der Waals surface area contributed by atoms with E-state index >= 15 is 0 Å². The van der Waals surface area contributed by atoms with Crippen LogP contribution in [0.3, 0.4) is 0 Å². The van der Waals surface area contributed by atoms with Crippen molar-refractivity contribution in [3.8, 4) is 0 Å². The van der Waals surface area contributed by atoms with Gasteiger partial charge in [-0.15, -0.1) is 0 Å². The predicted molar refractivity (Wildman–Crippen MR) is 115 cm³/mol. The number of fused-ring (bicyclic) bond motifs is 2. The van der Waals surface area contributed by atoms with E-state index in [0.29, 0.717) is 12.0 Å². The number of hydrogen-bond acceptors (Lipinski definition) is 3. The molecule has 29 heavy (non-hydrogen) atoms. The summed E-state index contributed by atoms with van der Waals surface area (Å²) in [7, 11) is 1.34. The zero-order valence-electron chi connectivity index (χ0n) is 16.1. The van der Waals surface area contributed by atoms with E-state index in [2.05, 4.69) is 23.5 Å². The summed E-state index contributed by atoms with van der Waals surface area (Å²) in [5, 5.41) is 7.17. The molecule has 0 saturated carbocycles. The van der Waals surface area contributed by atoms with Crippen molar-refractivity contribution in [2.45, 2.75) is 12.5 Å². The highest BCUT2D eigenvalue weighted by molar-refractivity contribution is 6.03. The number of ether oxygens (including phenoxy) is 1. The maximum Gasteiger partial charge on any atom is 0.328 e. The van der Waals surface area contributed by atoms with Gasteiger partial charge >= 0.3 is 5.97 Å². The molecular formula is C25H21NO3. The van der Waals surface area contributed by atoms with Crippen molar-refractivity contribution in [2.75, 3.05) is 7.11 Å². The Balaban J connectivity index is 1.76. The number of benzene rings is 4. The number of hydrogen-bond donors (Lipinski definition) is 1. The Morgan fingerprint density at radius 2 is 1.38 bits per heavy atom. The van der Waals surface area contributed by atoms with E-state index in [-0.39, 0.29) is 5.91 Å². The molecule has 0 fully saturated rings. The van der Waals surface area contributed by atoms with Gasteiger partial charge in [0, 0.05) is 12.0 Å². The van der Waals surface area contributed by atoms with Gasteiger partial charge in [-0.25, -0.2) is 4.79 Å². The summed E-state index contributed by atoms with van der Waals surface area (Å²) >= 11 is 0. The summed E-state index contributed by atoms with van der Waals surface area (Å²) in [5.74, 6) is -0.767. The minimum atomic E-state index is -0.790. The van der Waals surface area contributed by atoms with E-state index in [9.17, 15) is 9.59 Å². The molecule has 0 unspecified atom stereocenters. The van der Waals surface area contributed by atoms with E-state index in [1.54, 1.807) is 24.3 Å². The number of rotatable bonds is 5. The zero-order valence-corrected chi connectivity index (χ0v) is 16.1. The second-order valence-electron chi connectivity index (χ2n) is 6.92. The summed E-state index contributed by atoms with van der Waals surface area (Å²) in [6.07, 6.45) is 0.340. The molecule has 0 saturated heterocycles. The van der Waals surface area contributed by atoms with Gasteiger partial charge in [-0.05, 0) is 45.3 Å². The number of carbonyl (C=O) groups is 2. The normalized spacial score (nSPS) is 11.9. The number of methoxy groups -OCH3 is 1. The molecule has 0 spiro atoms. The second kappa shape index (κ2) is 8.15. The van der Waals surface area contributed by atoms with Crippen molar-refractivity contribution < 1.29 is 14.3 Å². The molecule has 0 aromatic heterocycles. The molecule has 144 valence electrons. The van der Waals surface area contributed by atoms with Gasteiger partial charge in [0.25, 0.3) is 5.91 Å². The van der Waals surface area contributed by atoms with Crippen LogP contribution in [0.4, 0.5) is 0 Å². The molecule has 4 nitrogen and oxygen atoms in total. The molecule has 1 atom stereocenters. The van der Waals surface area contributed by atoms with Gasteiger partial charge in [0.2, 0.25) is 0 Å². The van der Waals surface area contributed by atoms with E-state index in [4.69, 9.17) is 4.74 Å². The van der Waals surface area contributed by atoms with Crippen LogP contribution in [0.25, 0.3) is 21.5 Å². The molecule has 0 aliphatic heterocycles. The Labute approximate surface area is 169 Å². The molecule has 4 rings (SSSR count). The predicted octanol–water partition coefficient (Wildman–Crippen LogP) is 4.51. The summed E-state index contributed by atoms with van der Waals surface area (Å²) < 4.78 is 4.99. The number of esters is 1. The number of carbonyl (C=O) groups excluding carboxylic acids is 2. The molecule has 0 aliphatic carbocycles. The first-order chi connectivity index (χ1) is 14.2. The van der Waals surface area contributed by atoms with Crippen LogP contribution < -0.4 is 5.32 Å². The topological polar surface area (TPSA) is 55.4 Å². The highest BCUT2D eigenvalue weighted by Crippen LogP contribution is 2.29. The van der Waals surface area contributed by atoms with Gasteiger partial charge in [-0.3, -0.25) is 4.79 Å². The lowest BCUT2D eigenvalue weighted by molar-refractivity contribution is -0.142. The Hall–Kier alpha value is -3.66. The summed E-state index contributed by atoms with van der Waals surface area (Å²) in [6.45, 7) is 0. The Bertz CT molecular complexity index is 1130. The van der Waals surface area contributed by atoms with E-state index in [1.165, 1.54) is 7.11 Å². The molecule has 0 aliphatic rings. The van der Waals surface area contributed by atoms with Gasteiger partial charge in [-0.1, -0.05) is 66.7 Å². The smallest absolute Gasteiger partial charge is 0.328 e. The van der Waals surface area contributed by atoms with Crippen LogP contribution in [0, 0.1) is 0 Å². The average Bonchev–Trinajstić information content (AvgIpc) is 2.78. The lowest BCUT2D eigenvalue weighted by atomic mass is 9.92. The minimum Gasteiger partial charge on any atom is -0.467 e. The Kier molecular flexibility index (Phi) is 5.25. The van der Waals surface area contributed by atoms with Crippen LogP contribution in [0.5, 0.6) is 0 Å². The maximum absolute atomic E-state index is 12.7. The fraction of sp³-hybridized carbons (Fsp3) is 0.120. The number of amides is 1. The molecule has 1 amide bonds.